The van der Waals surface area contributed by atoms with Crippen molar-refractivity contribution in [3.05, 3.63) is 64.2 Å². The Labute approximate surface area is 244 Å². The first-order chi connectivity index (χ1) is 19.5. The van der Waals surface area contributed by atoms with Crippen LogP contribution in [0.2, 0.25) is 0 Å². The average molecular weight is 610 g/mol. The summed E-state index contributed by atoms with van der Waals surface area (Å²) in [6, 6.07) is 10.7. The molecule has 1 aromatic heterocycles. The summed E-state index contributed by atoms with van der Waals surface area (Å²) in [6.45, 7) is 6.20. The minimum Gasteiger partial charge on any atom is -0.482 e. The molecular formula is C28H30F3N3O5S2. The molecule has 0 atom stereocenters. The van der Waals surface area contributed by atoms with Gasteiger partial charge < -0.3 is 19.5 Å². The number of carbonyl (C=O) groups is 2. The number of nitrogens with zero attached hydrogens (tertiary/aromatic N) is 3. The van der Waals surface area contributed by atoms with Gasteiger partial charge in [-0.05, 0) is 49.7 Å². The van der Waals surface area contributed by atoms with E-state index < -0.39 is 23.8 Å². The average Bonchev–Trinajstić information content (AvgIpc) is 3.34. The highest BCUT2D eigenvalue weighted by atomic mass is 32.2. The van der Waals surface area contributed by atoms with Crippen LogP contribution in [0.5, 0.6) is 5.75 Å². The molecule has 0 saturated carbocycles. The molecule has 1 aliphatic heterocycles. The van der Waals surface area contributed by atoms with Gasteiger partial charge in [0, 0.05) is 53.8 Å². The number of piperazine rings is 1. The first-order valence-electron chi connectivity index (χ1n) is 12.9. The Morgan fingerprint density at radius 3 is 2.41 bits per heavy atom. The largest absolute Gasteiger partial charge is 0.482 e. The lowest BCUT2D eigenvalue weighted by Gasteiger charge is -2.32. The van der Waals surface area contributed by atoms with Crippen LogP contribution in [0.15, 0.2) is 47.4 Å². The van der Waals surface area contributed by atoms with E-state index in [0.29, 0.717) is 54.8 Å². The smallest absolute Gasteiger partial charge is 0.416 e. The normalized spacial score (nSPS) is 14.2. The molecule has 1 fully saturated rings. The van der Waals surface area contributed by atoms with Crippen LogP contribution in [0.25, 0.3) is 10.6 Å². The zero-order chi connectivity index (χ0) is 29.6. The summed E-state index contributed by atoms with van der Waals surface area (Å²) >= 11 is 3.04. The third kappa shape index (κ3) is 8.37. The molecule has 13 heteroatoms. The highest BCUT2D eigenvalue weighted by Crippen LogP contribution is 2.36. The predicted molar refractivity (Wildman–Crippen MR) is 150 cm³/mol. The van der Waals surface area contributed by atoms with E-state index in [-0.39, 0.29) is 13.2 Å². The Balaban J connectivity index is 1.49. The highest BCUT2D eigenvalue weighted by Gasteiger charge is 2.30. The summed E-state index contributed by atoms with van der Waals surface area (Å²) < 4.78 is 49.7. The van der Waals surface area contributed by atoms with Crippen molar-refractivity contribution < 1.29 is 37.3 Å². The molecule has 41 heavy (non-hydrogen) atoms. The van der Waals surface area contributed by atoms with Crippen molar-refractivity contribution in [2.75, 3.05) is 39.4 Å². The Morgan fingerprint density at radius 1 is 1.10 bits per heavy atom. The van der Waals surface area contributed by atoms with Crippen molar-refractivity contribution in [2.45, 2.75) is 37.2 Å². The van der Waals surface area contributed by atoms with E-state index in [2.05, 4.69) is 4.90 Å². The molecule has 2 heterocycles. The van der Waals surface area contributed by atoms with Crippen LogP contribution < -0.4 is 4.74 Å². The Kier molecular flexibility index (Phi) is 10.2. The zero-order valence-corrected chi connectivity index (χ0v) is 24.2. The van der Waals surface area contributed by atoms with Crippen molar-refractivity contribution in [1.29, 1.82) is 0 Å². The van der Waals surface area contributed by atoms with Crippen LogP contribution in [0.1, 0.15) is 28.6 Å². The van der Waals surface area contributed by atoms with Gasteiger partial charge in [0.2, 0.25) is 0 Å². The number of thiazole rings is 1. The monoisotopic (exact) mass is 609 g/mol. The lowest BCUT2D eigenvalue weighted by atomic mass is 10.1. The number of halogens is 3. The van der Waals surface area contributed by atoms with Gasteiger partial charge in [-0.15, -0.1) is 23.1 Å². The number of benzene rings is 2. The maximum absolute atomic E-state index is 13.1. The third-order valence-corrected chi connectivity index (χ3v) is 8.77. The topological polar surface area (TPSA) is 92.2 Å². The number of rotatable bonds is 10. The van der Waals surface area contributed by atoms with Gasteiger partial charge in [0.1, 0.15) is 10.8 Å². The van der Waals surface area contributed by atoms with Crippen LogP contribution in [0, 0.1) is 6.92 Å². The molecule has 1 N–H and O–H groups in total. The predicted octanol–water partition coefficient (Wildman–Crippen LogP) is 6.17. The molecule has 2 aromatic carbocycles. The van der Waals surface area contributed by atoms with Gasteiger partial charge in [-0.3, -0.25) is 4.90 Å². The first kappa shape index (κ1) is 30.7. The number of carboxylic acid groups (broad SMARTS) is 1. The number of hydrogen-bond donors (Lipinski definition) is 1. The van der Waals surface area contributed by atoms with Crippen LogP contribution in [0.4, 0.5) is 18.0 Å². The lowest BCUT2D eigenvalue weighted by Crippen LogP contribution is -2.47. The minimum atomic E-state index is -4.41. The number of aromatic nitrogens is 1. The Hall–Kier alpha value is -3.29. The Bertz CT molecular complexity index is 1360. The van der Waals surface area contributed by atoms with E-state index >= 15 is 0 Å². The van der Waals surface area contributed by atoms with E-state index in [0.717, 1.165) is 33.2 Å². The summed E-state index contributed by atoms with van der Waals surface area (Å²) in [4.78, 5) is 33.2. The first-order valence-corrected chi connectivity index (χ1v) is 14.7. The molecule has 4 rings (SSSR count). The molecule has 0 unspecified atom stereocenters. The van der Waals surface area contributed by atoms with Gasteiger partial charge in [0.15, 0.2) is 6.61 Å². The molecule has 8 nitrogen and oxygen atoms in total. The van der Waals surface area contributed by atoms with E-state index in [1.165, 1.54) is 28.4 Å². The summed E-state index contributed by atoms with van der Waals surface area (Å²) in [5, 5.41) is 9.88. The molecule has 3 aromatic rings. The van der Waals surface area contributed by atoms with Crippen molar-refractivity contribution in [3.8, 4) is 16.3 Å². The number of carbonyl (C=O) groups excluding carboxylic acids is 1. The standard InChI is InChI=1S/C28H30F3N3O5S2/c1-3-38-25(35)16-39-23-9-8-21(14-18(23)2)40-17-24-22(15-33-10-12-34(13-11-33)27(36)37)32-26(41-24)19-4-6-20(7-5-19)28(29,30)31/h4-9,14H,3,10-13,15-17H2,1-2H3,(H,36,37). The number of hydrogen-bond acceptors (Lipinski definition) is 8. The van der Waals surface area contributed by atoms with E-state index in [9.17, 15) is 27.9 Å². The van der Waals surface area contributed by atoms with Gasteiger partial charge in [0.05, 0.1) is 17.9 Å². The number of alkyl halides is 3. The van der Waals surface area contributed by atoms with Crippen molar-refractivity contribution >= 4 is 35.2 Å². The molecule has 0 spiro atoms. The second-order valence-corrected chi connectivity index (χ2v) is 11.5. The molecule has 1 saturated heterocycles. The van der Waals surface area contributed by atoms with Gasteiger partial charge in [-0.1, -0.05) is 12.1 Å². The zero-order valence-electron chi connectivity index (χ0n) is 22.6. The lowest BCUT2D eigenvalue weighted by molar-refractivity contribution is -0.145. The number of aryl methyl sites for hydroxylation is 1. The molecule has 1 amide bonds. The second kappa shape index (κ2) is 13.6. The summed E-state index contributed by atoms with van der Waals surface area (Å²) in [5.74, 6) is 0.743. The van der Waals surface area contributed by atoms with Crippen LogP contribution in [0.3, 0.4) is 0 Å². The molecule has 1 aliphatic rings. The fourth-order valence-corrected chi connectivity index (χ4v) is 6.39. The van der Waals surface area contributed by atoms with Crippen LogP contribution >= 0.6 is 23.1 Å². The summed E-state index contributed by atoms with van der Waals surface area (Å²) in [6.07, 6.45) is -5.35. The van der Waals surface area contributed by atoms with Crippen LogP contribution in [-0.4, -0.2) is 71.3 Å². The van der Waals surface area contributed by atoms with E-state index in [4.69, 9.17) is 14.5 Å². The molecule has 0 aliphatic carbocycles. The van der Waals surface area contributed by atoms with E-state index in [1.54, 1.807) is 24.8 Å². The molecule has 0 radical (unpaired) electrons. The second-order valence-electron chi connectivity index (χ2n) is 9.32. The maximum Gasteiger partial charge on any atom is 0.416 e. The van der Waals surface area contributed by atoms with Gasteiger partial charge >= 0.3 is 18.2 Å². The minimum absolute atomic E-state index is 0.168. The summed E-state index contributed by atoms with van der Waals surface area (Å²) in [5.41, 5.74) is 1.59. The molecule has 220 valence electrons. The number of thioether (sulfide) groups is 1. The maximum atomic E-state index is 13.1. The van der Waals surface area contributed by atoms with Crippen molar-refractivity contribution in [1.82, 2.24) is 14.8 Å². The molecule has 0 bridgehead atoms. The quantitative estimate of drug-likeness (QED) is 0.216. The van der Waals surface area contributed by atoms with Crippen molar-refractivity contribution in [2.24, 2.45) is 0 Å². The van der Waals surface area contributed by atoms with E-state index in [1.807, 2.05) is 19.1 Å². The molecular weight excluding hydrogens is 579 g/mol. The Morgan fingerprint density at radius 2 is 1.80 bits per heavy atom. The SMILES string of the molecule is CCOC(=O)COc1ccc(SCc2sc(-c3ccc(C(F)(F)F)cc3)nc2CN2CCN(C(=O)O)CC2)cc1C. The number of amides is 1. The third-order valence-electron chi connectivity index (χ3n) is 6.42. The number of ether oxygens (including phenoxy) is 2. The number of esters is 1. The van der Waals surface area contributed by atoms with Crippen molar-refractivity contribution in [3.63, 3.8) is 0 Å². The van der Waals surface area contributed by atoms with Gasteiger partial charge in [0.25, 0.3) is 0 Å². The van der Waals surface area contributed by atoms with Crippen LogP contribution in [-0.2, 0) is 28.0 Å². The summed E-state index contributed by atoms with van der Waals surface area (Å²) in [7, 11) is 0. The van der Waals surface area contributed by atoms with Gasteiger partial charge in [-0.25, -0.2) is 14.6 Å². The fraction of sp³-hybridized carbons (Fsp3) is 0.393. The fourth-order valence-electron chi connectivity index (χ4n) is 4.22. The highest BCUT2D eigenvalue weighted by molar-refractivity contribution is 7.98. The van der Waals surface area contributed by atoms with Gasteiger partial charge in [-0.2, -0.15) is 13.2 Å².